The Balaban J connectivity index is 2.29. The fourth-order valence-electron chi connectivity index (χ4n) is 2.30. The van der Waals surface area contributed by atoms with Crippen LogP contribution in [0.4, 0.5) is 13.2 Å². The van der Waals surface area contributed by atoms with Crippen molar-refractivity contribution < 1.29 is 13.2 Å². The van der Waals surface area contributed by atoms with Gasteiger partial charge in [0.05, 0.1) is 6.54 Å². The summed E-state index contributed by atoms with van der Waals surface area (Å²) in [6.45, 7) is 1.40. The van der Waals surface area contributed by atoms with Gasteiger partial charge in [0.15, 0.2) is 0 Å². The Morgan fingerprint density at radius 2 is 1.63 bits per heavy atom. The highest BCUT2D eigenvalue weighted by Gasteiger charge is 2.29. The topological polar surface area (TPSA) is 3.24 Å². The van der Waals surface area contributed by atoms with Crippen molar-refractivity contribution >= 4 is 10.8 Å². The molecule has 0 saturated carbocycles. The van der Waals surface area contributed by atoms with E-state index in [0.29, 0.717) is 6.54 Å². The number of fused-ring (bicyclic) bond motifs is 1. The van der Waals surface area contributed by atoms with E-state index < -0.39 is 12.7 Å². The fraction of sp³-hybridized carbons (Fsp3) is 0.333. The third-order valence-electron chi connectivity index (χ3n) is 3.12. The lowest BCUT2D eigenvalue weighted by molar-refractivity contribution is -0.143. The lowest BCUT2D eigenvalue weighted by atomic mass is 10.00. The second kappa shape index (κ2) is 5.21. The zero-order valence-corrected chi connectivity index (χ0v) is 11.0. The van der Waals surface area contributed by atoms with E-state index in [1.165, 1.54) is 11.9 Å². The van der Waals surface area contributed by atoms with Crippen LogP contribution in [0, 0.1) is 6.92 Å². The van der Waals surface area contributed by atoms with Gasteiger partial charge in [0.2, 0.25) is 0 Å². The van der Waals surface area contributed by atoms with Crippen LogP contribution in [-0.4, -0.2) is 24.7 Å². The van der Waals surface area contributed by atoms with Crippen LogP contribution in [0.2, 0.25) is 0 Å². The van der Waals surface area contributed by atoms with Gasteiger partial charge < -0.3 is 0 Å². The van der Waals surface area contributed by atoms with E-state index in [1.807, 2.05) is 43.3 Å². The van der Waals surface area contributed by atoms with Crippen molar-refractivity contribution in [3.63, 3.8) is 0 Å². The molecule has 0 aliphatic heterocycles. The number of benzene rings is 2. The van der Waals surface area contributed by atoms with E-state index in [9.17, 15) is 13.2 Å². The van der Waals surface area contributed by atoms with Crippen molar-refractivity contribution in [2.45, 2.75) is 19.6 Å². The first-order chi connectivity index (χ1) is 8.87. The lowest BCUT2D eigenvalue weighted by Crippen LogP contribution is -2.30. The van der Waals surface area contributed by atoms with Crippen molar-refractivity contribution in [3.05, 3.63) is 47.5 Å². The zero-order chi connectivity index (χ0) is 14.0. The molecule has 0 spiro atoms. The number of hydrogen-bond acceptors (Lipinski definition) is 1. The van der Waals surface area contributed by atoms with Crippen LogP contribution in [0.3, 0.4) is 0 Å². The summed E-state index contributed by atoms with van der Waals surface area (Å²) in [5, 5.41) is 2.12. The minimum absolute atomic E-state index is 0.292. The molecule has 1 nitrogen and oxygen atoms in total. The third kappa shape index (κ3) is 3.47. The molecule has 0 aliphatic carbocycles. The maximum Gasteiger partial charge on any atom is 0.401 e. The first kappa shape index (κ1) is 13.9. The number of rotatable bonds is 3. The Bertz CT molecular complexity index is 575. The van der Waals surface area contributed by atoms with E-state index in [4.69, 9.17) is 0 Å². The average molecular weight is 267 g/mol. The molecule has 2 aromatic carbocycles. The molecule has 102 valence electrons. The van der Waals surface area contributed by atoms with E-state index in [-0.39, 0.29) is 0 Å². The predicted molar refractivity (Wildman–Crippen MR) is 71.1 cm³/mol. The molecule has 0 fully saturated rings. The summed E-state index contributed by atoms with van der Waals surface area (Å²) >= 11 is 0. The Kier molecular flexibility index (Phi) is 3.80. The van der Waals surface area contributed by atoms with Crippen molar-refractivity contribution in [1.29, 1.82) is 0 Å². The largest absolute Gasteiger partial charge is 0.401 e. The van der Waals surface area contributed by atoms with Gasteiger partial charge in [-0.15, -0.1) is 0 Å². The van der Waals surface area contributed by atoms with Gasteiger partial charge in [-0.3, -0.25) is 4.90 Å². The Morgan fingerprint density at radius 1 is 1.00 bits per heavy atom. The summed E-state index contributed by atoms with van der Waals surface area (Å²) in [5.74, 6) is 0. The number of hydrogen-bond donors (Lipinski definition) is 0. The molecule has 0 aliphatic rings. The van der Waals surface area contributed by atoms with Crippen LogP contribution in [0.25, 0.3) is 10.8 Å². The van der Waals surface area contributed by atoms with Crippen LogP contribution < -0.4 is 0 Å². The summed E-state index contributed by atoms with van der Waals surface area (Å²) in [5.41, 5.74) is 2.06. The molecule has 0 aromatic heterocycles. The van der Waals surface area contributed by atoms with Gasteiger partial charge in [-0.05, 0) is 35.9 Å². The molecule has 0 bridgehead atoms. The average Bonchev–Trinajstić information content (AvgIpc) is 2.31. The monoisotopic (exact) mass is 267 g/mol. The smallest absolute Gasteiger partial charge is 0.294 e. The van der Waals surface area contributed by atoms with Crippen LogP contribution in [0.5, 0.6) is 0 Å². The molecular formula is C15H16F3N. The normalized spacial score (nSPS) is 12.3. The molecule has 0 amide bonds. The zero-order valence-electron chi connectivity index (χ0n) is 11.0. The first-order valence-corrected chi connectivity index (χ1v) is 6.09. The summed E-state index contributed by atoms with van der Waals surface area (Å²) in [6, 6.07) is 11.7. The van der Waals surface area contributed by atoms with E-state index in [0.717, 1.165) is 21.9 Å². The van der Waals surface area contributed by atoms with Crippen molar-refractivity contribution in [2.75, 3.05) is 13.6 Å². The lowest BCUT2D eigenvalue weighted by Gasteiger charge is -2.20. The van der Waals surface area contributed by atoms with Crippen LogP contribution in [-0.2, 0) is 6.54 Å². The highest BCUT2D eigenvalue weighted by atomic mass is 19.4. The molecule has 0 atom stereocenters. The van der Waals surface area contributed by atoms with E-state index in [2.05, 4.69) is 0 Å². The summed E-state index contributed by atoms with van der Waals surface area (Å²) in [4.78, 5) is 1.29. The molecule has 2 rings (SSSR count). The Hall–Kier alpha value is -1.55. The molecule has 0 heterocycles. The first-order valence-electron chi connectivity index (χ1n) is 6.09. The number of alkyl halides is 3. The SMILES string of the molecule is Cc1ccc(CN(C)CC(F)(F)F)c2ccccc12. The summed E-state index contributed by atoms with van der Waals surface area (Å²) in [7, 11) is 1.49. The number of nitrogens with zero attached hydrogens (tertiary/aromatic N) is 1. The molecule has 0 radical (unpaired) electrons. The second-order valence-electron chi connectivity index (χ2n) is 4.87. The molecule has 4 heteroatoms. The molecule has 0 saturated heterocycles. The minimum Gasteiger partial charge on any atom is -0.294 e. The Morgan fingerprint density at radius 3 is 2.26 bits per heavy atom. The minimum atomic E-state index is -4.16. The van der Waals surface area contributed by atoms with Crippen molar-refractivity contribution in [3.8, 4) is 0 Å². The Labute approximate surface area is 110 Å². The highest BCUT2D eigenvalue weighted by molar-refractivity contribution is 5.88. The van der Waals surface area contributed by atoms with Gasteiger partial charge in [-0.2, -0.15) is 13.2 Å². The van der Waals surface area contributed by atoms with Crippen LogP contribution >= 0.6 is 0 Å². The summed E-state index contributed by atoms with van der Waals surface area (Å²) in [6.07, 6.45) is -4.16. The third-order valence-corrected chi connectivity index (χ3v) is 3.12. The van der Waals surface area contributed by atoms with Gasteiger partial charge in [0.1, 0.15) is 0 Å². The highest BCUT2D eigenvalue weighted by Crippen LogP contribution is 2.24. The quantitative estimate of drug-likeness (QED) is 0.807. The molecule has 19 heavy (non-hydrogen) atoms. The van der Waals surface area contributed by atoms with Crippen molar-refractivity contribution in [1.82, 2.24) is 4.90 Å². The number of halogens is 3. The maximum atomic E-state index is 12.3. The fourth-order valence-corrected chi connectivity index (χ4v) is 2.30. The van der Waals surface area contributed by atoms with Gasteiger partial charge in [0.25, 0.3) is 0 Å². The molecule has 0 unspecified atom stereocenters. The van der Waals surface area contributed by atoms with E-state index >= 15 is 0 Å². The van der Waals surface area contributed by atoms with Gasteiger partial charge in [-0.25, -0.2) is 0 Å². The predicted octanol–water partition coefficient (Wildman–Crippen LogP) is 4.14. The molecule has 2 aromatic rings. The van der Waals surface area contributed by atoms with Gasteiger partial charge in [0, 0.05) is 6.54 Å². The van der Waals surface area contributed by atoms with Crippen LogP contribution in [0.15, 0.2) is 36.4 Å². The van der Waals surface area contributed by atoms with Gasteiger partial charge in [-0.1, -0.05) is 36.4 Å². The molecular weight excluding hydrogens is 251 g/mol. The van der Waals surface area contributed by atoms with E-state index in [1.54, 1.807) is 0 Å². The summed E-state index contributed by atoms with van der Waals surface area (Å²) < 4.78 is 37.0. The molecule has 0 N–H and O–H groups in total. The standard InChI is InChI=1S/C15H16F3N/c1-11-7-8-12(9-19(2)10-15(16,17)18)14-6-4-3-5-13(11)14/h3-8H,9-10H2,1-2H3. The van der Waals surface area contributed by atoms with Crippen molar-refractivity contribution in [2.24, 2.45) is 0 Å². The number of aryl methyl sites for hydroxylation is 1. The van der Waals surface area contributed by atoms with Crippen LogP contribution in [0.1, 0.15) is 11.1 Å². The maximum absolute atomic E-state index is 12.3. The van der Waals surface area contributed by atoms with Gasteiger partial charge >= 0.3 is 6.18 Å². The second-order valence-corrected chi connectivity index (χ2v) is 4.87.